The summed E-state index contributed by atoms with van der Waals surface area (Å²) in [6.07, 6.45) is 0. The average molecular weight is 324 g/mol. The van der Waals surface area contributed by atoms with E-state index in [9.17, 15) is 8.42 Å². The molecule has 0 spiro atoms. The molecule has 2 aromatic carbocycles. The van der Waals surface area contributed by atoms with Crippen molar-refractivity contribution in [3.8, 4) is 0 Å². The van der Waals surface area contributed by atoms with Crippen molar-refractivity contribution in [3.63, 3.8) is 0 Å². The lowest BCUT2D eigenvalue weighted by Gasteiger charge is -2.25. The molecule has 1 atom stereocenters. The molecule has 112 valence electrons. The Morgan fingerprint density at radius 2 is 1.71 bits per heavy atom. The van der Waals surface area contributed by atoms with Crippen LogP contribution < -0.4 is 0 Å². The summed E-state index contributed by atoms with van der Waals surface area (Å²) < 4.78 is 26.8. The van der Waals surface area contributed by atoms with Crippen molar-refractivity contribution in [2.45, 2.75) is 24.8 Å². The number of hydrogen-bond acceptors (Lipinski definition) is 2. The van der Waals surface area contributed by atoms with Gasteiger partial charge in [-0.05, 0) is 37.1 Å². The van der Waals surface area contributed by atoms with Crippen LogP contribution in [0.4, 0.5) is 0 Å². The highest BCUT2D eigenvalue weighted by Crippen LogP contribution is 2.30. The molecule has 2 aromatic rings. The lowest BCUT2D eigenvalue weighted by molar-refractivity contribution is 0.398. The molecule has 0 radical (unpaired) electrons. The lowest BCUT2D eigenvalue weighted by atomic mass is 10.1. The Morgan fingerprint density at radius 1 is 1.10 bits per heavy atom. The molecule has 0 amide bonds. The van der Waals surface area contributed by atoms with Crippen LogP contribution >= 0.6 is 11.6 Å². The van der Waals surface area contributed by atoms with Crippen molar-refractivity contribution in [1.29, 1.82) is 0 Å². The largest absolute Gasteiger partial charge is 0.244 e. The van der Waals surface area contributed by atoms with Crippen molar-refractivity contribution in [2.75, 3.05) is 7.05 Å². The summed E-state index contributed by atoms with van der Waals surface area (Å²) in [5.41, 5.74) is 1.87. The quantitative estimate of drug-likeness (QED) is 0.852. The van der Waals surface area contributed by atoms with Crippen molar-refractivity contribution >= 4 is 21.6 Å². The van der Waals surface area contributed by atoms with E-state index < -0.39 is 10.0 Å². The molecule has 0 aliphatic heterocycles. The molecule has 3 nitrogen and oxygen atoms in total. The van der Waals surface area contributed by atoms with Gasteiger partial charge < -0.3 is 0 Å². The van der Waals surface area contributed by atoms with Crippen LogP contribution in [0.2, 0.25) is 5.02 Å². The molecule has 0 aliphatic rings. The topological polar surface area (TPSA) is 37.4 Å². The van der Waals surface area contributed by atoms with Gasteiger partial charge in [0, 0.05) is 13.1 Å². The maximum atomic E-state index is 12.7. The monoisotopic (exact) mass is 323 g/mol. The molecule has 0 bridgehead atoms. The molecule has 5 heteroatoms. The van der Waals surface area contributed by atoms with Gasteiger partial charge in [0.15, 0.2) is 0 Å². The van der Waals surface area contributed by atoms with E-state index in [2.05, 4.69) is 0 Å². The predicted molar refractivity (Wildman–Crippen MR) is 86.0 cm³/mol. The van der Waals surface area contributed by atoms with E-state index in [1.807, 2.05) is 44.2 Å². The SMILES string of the molecule is Cc1ccc(S(=O)(=O)N(C)[C@H](C)c2ccccc2)c(Cl)c1. The van der Waals surface area contributed by atoms with Crippen LogP contribution in [-0.2, 0) is 10.0 Å². The zero-order valence-electron chi connectivity index (χ0n) is 12.2. The second-order valence-corrected chi connectivity index (χ2v) is 7.41. The smallest absolute Gasteiger partial charge is 0.207 e. The highest BCUT2D eigenvalue weighted by Gasteiger charge is 2.28. The summed E-state index contributed by atoms with van der Waals surface area (Å²) in [5.74, 6) is 0. The number of halogens is 1. The van der Waals surface area contributed by atoms with Crippen LogP contribution in [0.15, 0.2) is 53.4 Å². The molecule has 0 unspecified atom stereocenters. The van der Waals surface area contributed by atoms with Crippen LogP contribution in [0.25, 0.3) is 0 Å². The highest BCUT2D eigenvalue weighted by atomic mass is 35.5. The number of aryl methyl sites for hydroxylation is 1. The fraction of sp³-hybridized carbons (Fsp3) is 0.250. The van der Waals surface area contributed by atoms with E-state index in [0.29, 0.717) is 0 Å². The average Bonchev–Trinajstić information content (AvgIpc) is 2.46. The van der Waals surface area contributed by atoms with Crippen LogP contribution in [0.1, 0.15) is 24.1 Å². The minimum atomic E-state index is -3.63. The Labute approximate surface area is 131 Å². The van der Waals surface area contributed by atoms with Crippen molar-refractivity contribution in [1.82, 2.24) is 4.31 Å². The minimum Gasteiger partial charge on any atom is -0.207 e. The maximum Gasteiger partial charge on any atom is 0.244 e. The zero-order valence-corrected chi connectivity index (χ0v) is 13.8. The van der Waals surface area contributed by atoms with E-state index in [1.165, 1.54) is 4.31 Å². The van der Waals surface area contributed by atoms with E-state index in [0.717, 1.165) is 11.1 Å². The Morgan fingerprint density at radius 3 is 2.29 bits per heavy atom. The first-order valence-corrected chi connectivity index (χ1v) is 8.45. The summed E-state index contributed by atoms with van der Waals surface area (Å²) in [5, 5.41) is 0.252. The number of hydrogen-bond donors (Lipinski definition) is 0. The van der Waals surface area contributed by atoms with E-state index in [-0.39, 0.29) is 16.0 Å². The number of nitrogens with zero attached hydrogens (tertiary/aromatic N) is 1. The van der Waals surface area contributed by atoms with Gasteiger partial charge in [0.2, 0.25) is 10.0 Å². The fourth-order valence-electron chi connectivity index (χ4n) is 2.12. The normalized spacial score (nSPS) is 13.4. The van der Waals surface area contributed by atoms with Gasteiger partial charge in [-0.25, -0.2) is 8.42 Å². The third-order valence-electron chi connectivity index (χ3n) is 3.57. The van der Waals surface area contributed by atoms with Crippen LogP contribution in [0.5, 0.6) is 0 Å². The summed E-state index contributed by atoms with van der Waals surface area (Å²) in [6.45, 7) is 3.73. The molecule has 2 rings (SSSR count). The number of rotatable bonds is 4. The van der Waals surface area contributed by atoms with Gasteiger partial charge in [-0.2, -0.15) is 4.31 Å². The third kappa shape index (κ3) is 3.28. The Kier molecular flexibility index (Phi) is 4.71. The first kappa shape index (κ1) is 16.0. The summed E-state index contributed by atoms with van der Waals surface area (Å²) in [4.78, 5) is 0.139. The Balaban J connectivity index is 2.39. The molecule has 0 N–H and O–H groups in total. The van der Waals surface area contributed by atoms with Crippen LogP contribution in [-0.4, -0.2) is 19.8 Å². The Hall–Kier alpha value is -1.36. The fourth-order valence-corrected chi connectivity index (χ4v) is 4.04. The summed E-state index contributed by atoms with van der Waals surface area (Å²) in [7, 11) is -2.06. The van der Waals surface area contributed by atoms with Crippen molar-refractivity contribution in [3.05, 3.63) is 64.7 Å². The van der Waals surface area contributed by atoms with Gasteiger partial charge in [-0.15, -0.1) is 0 Å². The van der Waals surface area contributed by atoms with Crippen molar-refractivity contribution in [2.24, 2.45) is 0 Å². The number of benzene rings is 2. The molecule has 0 aromatic heterocycles. The van der Waals surface area contributed by atoms with Gasteiger partial charge >= 0.3 is 0 Å². The predicted octanol–water partition coefficient (Wildman–Crippen LogP) is 4.03. The molecular weight excluding hydrogens is 306 g/mol. The molecule has 0 aliphatic carbocycles. The Bertz CT molecular complexity index is 729. The molecular formula is C16H18ClNO2S. The minimum absolute atomic E-state index is 0.139. The third-order valence-corrected chi connectivity index (χ3v) is 5.98. The summed E-state index contributed by atoms with van der Waals surface area (Å²) in [6, 6.07) is 14.2. The van der Waals surface area contributed by atoms with E-state index in [1.54, 1.807) is 25.2 Å². The molecule has 0 fully saturated rings. The second kappa shape index (κ2) is 6.18. The van der Waals surface area contributed by atoms with Gasteiger partial charge in [0.1, 0.15) is 4.90 Å². The summed E-state index contributed by atoms with van der Waals surface area (Å²) >= 11 is 6.10. The van der Waals surface area contributed by atoms with Crippen LogP contribution in [0.3, 0.4) is 0 Å². The van der Waals surface area contributed by atoms with E-state index in [4.69, 9.17) is 11.6 Å². The maximum absolute atomic E-state index is 12.7. The zero-order chi connectivity index (χ0) is 15.6. The van der Waals surface area contributed by atoms with Crippen LogP contribution in [0, 0.1) is 6.92 Å². The molecule has 0 saturated carbocycles. The van der Waals surface area contributed by atoms with Gasteiger partial charge in [0.25, 0.3) is 0 Å². The standard InChI is InChI=1S/C16H18ClNO2S/c1-12-9-10-16(15(17)11-12)21(19,20)18(3)13(2)14-7-5-4-6-8-14/h4-11,13H,1-3H3/t13-/m1/s1. The second-order valence-electron chi connectivity index (χ2n) is 5.04. The first-order valence-electron chi connectivity index (χ1n) is 6.63. The van der Waals surface area contributed by atoms with Gasteiger partial charge in [-0.3, -0.25) is 0 Å². The molecule has 0 heterocycles. The molecule has 21 heavy (non-hydrogen) atoms. The van der Waals surface area contributed by atoms with E-state index >= 15 is 0 Å². The number of sulfonamides is 1. The first-order chi connectivity index (χ1) is 9.84. The van der Waals surface area contributed by atoms with Gasteiger partial charge in [0.05, 0.1) is 5.02 Å². The van der Waals surface area contributed by atoms with Gasteiger partial charge in [-0.1, -0.05) is 48.0 Å². The highest BCUT2D eigenvalue weighted by molar-refractivity contribution is 7.89. The lowest BCUT2D eigenvalue weighted by Crippen LogP contribution is -2.30. The molecule has 0 saturated heterocycles. The van der Waals surface area contributed by atoms with Crippen molar-refractivity contribution < 1.29 is 8.42 Å².